The summed E-state index contributed by atoms with van der Waals surface area (Å²) in [6, 6.07) is 0. The van der Waals surface area contributed by atoms with Crippen molar-refractivity contribution in [2.75, 3.05) is 5.73 Å². The third-order valence-electron chi connectivity index (χ3n) is 1.43. The first-order chi connectivity index (χ1) is 4.93. The number of anilines is 1. The molecule has 0 radical (unpaired) electrons. The fraction of sp³-hybridized carbons (Fsp3) is 0.571. The molecule has 0 atom stereocenters. The maximum atomic E-state index is 5.74. The Kier molecular flexibility index (Phi) is 1.84. The average molecular weight is 175 g/mol. The van der Waals surface area contributed by atoms with E-state index in [1.54, 1.807) is 0 Å². The van der Waals surface area contributed by atoms with Gasteiger partial charge in [-0.2, -0.15) is 0 Å². The van der Waals surface area contributed by atoms with Crippen LogP contribution in [0.5, 0.6) is 0 Å². The molecule has 0 saturated carbocycles. The summed E-state index contributed by atoms with van der Waals surface area (Å²) in [4.78, 5) is 0. The minimum atomic E-state index is -0.110. The van der Waals surface area contributed by atoms with E-state index < -0.39 is 0 Å². The highest BCUT2D eigenvalue weighted by Gasteiger charge is 2.24. The zero-order valence-electron chi connectivity index (χ0n) is 6.81. The third-order valence-corrected chi connectivity index (χ3v) is 1.68. The van der Waals surface area contributed by atoms with Crippen molar-refractivity contribution in [1.82, 2.24) is 5.16 Å². The minimum absolute atomic E-state index is 0.110. The third kappa shape index (κ3) is 1.48. The highest BCUT2D eigenvalue weighted by Crippen LogP contribution is 2.33. The fourth-order valence-electron chi connectivity index (χ4n) is 0.961. The smallest absolute Gasteiger partial charge is 0.227 e. The second kappa shape index (κ2) is 2.41. The molecule has 3 nitrogen and oxygen atoms in total. The number of nitrogens with two attached hydrogens (primary N) is 1. The Balaban J connectivity index is 3.21. The van der Waals surface area contributed by atoms with Crippen molar-refractivity contribution in [3.8, 4) is 0 Å². The van der Waals surface area contributed by atoms with Crippen molar-refractivity contribution in [2.24, 2.45) is 0 Å². The molecule has 0 saturated heterocycles. The van der Waals surface area contributed by atoms with Gasteiger partial charge in [-0.25, -0.2) is 0 Å². The van der Waals surface area contributed by atoms with Gasteiger partial charge in [0.05, 0.1) is 5.56 Å². The summed E-state index contributed by atoms with van der Waals surface area (Å²) in [5.74, 6) is 0.308. The number of rotatable bonds is 0. The molecule has 0 aromatic carbocycles. The molecule has 0 unspecified atom stereocenters. The molecule has 2 N–H and O–H groups in total. The molecular formula is C7H11ClN2O. The summed E-state index contributed by atoms with van der Waals surface area (Å²) in [5, 5.41) is 3.90. The highest BCUT2D eigenvalue weighted by atomic mass is 35.5. The lowest BCUT2D eigenvalue weighted by Gasteiger charge is -2.15. The lowest BCUT2D eigenvalue weighted by molar-refractivity contribution is 0.434. The van der Waals surface area contributed by atoms with Gasteiger partial charge in [0.1, 0.15) is 0 Å². The molecule has 1 aromatic heterocycles. The van der Waals surface area contributed by atoms with E-state index >= 15 is 0 Å². The van der Waals surface area contributed by atoms with Crippen molar-refractivity contribution in [3.05, 3.63) is 10.7 Å². The van der Waals surface area contributed by atoms with Gasteiger partial charge in [0.25, 0.3) is 0 Å². The SMILES string of the molecule is CC(C)(C)c1c(Cl)noc1N. The van der Waals surface area contributed by atoms with Gasteiger partial charge >= 0.3 is 0 Å². The van der Waals surface area contributed by atoms with Gasteiger partial charge in [-0.05, 0) is 5.41 Å². The van der Waals surface area contributed by atoms with Gasteiger partial charge in [0, 0.05) is 0 Å². The quantitative estimate of drug-likeness (QED) is 0.656. The van der Waals surface area contributed by atoms with Gasteiger partial charge in [-0.3, -0.25) is 0 Å². The minimum Gasteiger partial charge on any atom is -0.367 e. The molecular weight excluding hydrogens is 164 g/mol. The zero-order chi connectivity index (χ0) is 8.65. The lowest BCUT2D eigenvalue weighted by atomic mass is 9.89. The van der Waals surface area contributed by atoms with Crippen LogP contribution in [0.15, 0.2) is 4.52 Å². The van der Waals surface area contributed by atoms with E-state index in [0.717, 1.165) is 5.56 Å². The molecule has 0 bridgehead atoms. The first-order valence-corrected chi connectivity index (χ1v) is 3.72. The first kappa shape index (κ1) is 8.40. The molecule has 0 fully saturated rings. The molecule has 0 aliphatic rings. The van der Waals surface area contributed by atoms with E-state index in [1.807, 2.05) is 20.8 Å². The Morgan fingerprint density at radius 2 is 2.00 bits per heavy atom. The van der Waals surface area contributed by atoms with E-state index in [9.17, 15) is 0 Å². The Morgan fingerprint density at radius 3 is 2.18 bits per heavy atom. The molecule has 0 aliphatic carbocycles. The van der Waals surface area contributed by atoms with Crippen LogP contribution in [0.25, 0.3) is 0 Å². The zero-order valence-corrected chi connectivity index (χ0v) is 7.57. The van der Waals surface area contributed by atoms with Crippen molar-refractivity contribution in [1.29, 1.82) is 0 Å². The maximum absolute atomic E-state index is 5.74. The van der Waals surface area contributed by atoms with Crippen LogP contribution >= 0.6 is 11.6 Å². The van der Waals surface area contributed by atoms with Crippen molar-refractivity contribution in [2.45, 2.75) is 26.2 Å². The molecule has 1 rings (SSSR count). The largest absolute Gasteiger partial charge is 0.367 e. The van der Waals surface area contributed by atoms with Crippen LogP contribution in [-0.2, 0) is 5.41 Å². The number of nitrogens with zero attached hydrogens (tertiary/aromatic N) is 1. The molecule has 0 amide bonds. The Bertz CT molecular complexity index is 242. The molecule has 0 spiro atoms. The van der Waals surface area contributed by atoms with Gasteiger partial charge in [-0.15, -0.1) is 0 Å². The predicted octanol–water partition coefficient (Wildman–Crippen LogP) is 2.21. The molecule has 0 aliphatic heterocycles. The second-order valence-electron chi connectivity index (χ2n) is 3.46. The van der Waals surface area contributed by atoms with Crippen LogP contribution in [0.2, 0.25) is 5.15 Å². The van der Waals surface area contributed by atoms with Gasteiger partial charge in [-0.1, -0.05) is 37.5 Å². The highest BCUT2D eigenvalue weighted by molar-refractivity contribution is 6.30. The summed E-state index contributed by atoms with van der Waals surface area (Å²) in [5.41, 5.74) is 6.18. The van der Waals surface area contributed by atoms with Crippen molar-refractivity contribution in [3.63, 3.8) is 0 Å². The summed E-state index contributed by atoms with van der Waals surface area (Å²) in [6.07, 6.45) is 0. The van der Waals surface area contributed by atoms with Crippen LogP contribution in [-0.4, -0.2) is 5.16 Å². The summed E-state index contributed by atoms with van der Waals surface area (Å²) >= 11 is 5.74. The van der Waals surface area contributed by atoms with Crippen LogP contribution in [0.3, 0.4) is 0 Å². The normalized spacial score (nSPS) is 12.0. The molecule has 4 heteroatoms. The summed E-state index contributed by atoms with van der Waals surface area (Å²) in [7, 11) is 0. The van der Waals surface area contributed by atoms with Crippen LogP contribution in [0, 0.1) is 0 Å². The van der Waals surface area contributed by atoms with Crippen LogP contribution < -0.4 is 5.73 Å². The first-order valence-electron chi connectivity index (χ1n) is 3.34. The van der Waals surface area contributed by atoms with Crippen molar-refractivity contribution >= 4 is 17.5 Å². The number of hydrogen-bond donors (Lipinski definition) is 1. The lowest BCUT2D eigenvalue weighted by Crippen LogP contribution is -2.12. The molecule has 62 valence electrons. The van der Waals surface area contributed by atoms with E-state index in [1.165, 1.54) is 0 Å². The monoisotopic (exact) mass is 174 g/mol. The Morgan fingerprint density at radius 1 is 1.45 bits per heavy atom. The van der Waals surface area contributed by atoms with Crippen LogP contribution in [0.1, 0.15) is 26.3 Å². The molecule has 1 aromatic rings. The summed E-state index contributed by atoms with van der Waals surface area (Å²) < 4.78 is 4.72. The number of aromatic nitrogens is 1. The van der Waals surface area contributed by atoms with E-state index in [-0.39, 0.29) is 5.41 Å². The van der Waals surface area contributed by atoms with Gasteiger partial charge in [0.15, 0.2) is 5.15 Å². The number of nitrogen functional groups attached to an aromatic ring is 1. The van der Waals surface area contributed by atoms with E-state index in [4.69, 9.17) is 21.9 Å². The van der Waals surface area contributed by atoms with E-state index in [2.05, 4.69) is 5.16 Å². The standard InChI is InChI=1S/C7H11ClN2O/c1-7(2,3)4-5(8)10-11-6(4)9/h9H2,1-3H3. The Hall–Kier alpha value is -0.700. The number of halogens is 1. The van der Waals surface area contributed by atoms with Gasteiger partial charge in [0.2, 0.25) is 5.88 Å². The van der Waals surface area contributed by atoms with E-state index in [0.29, 0.717) is 11.0 Å². The Labute approximate surface area is 70.5 Å². The fourth-order valence-corrected chi connectivity index (χ4v) is 1.37. The van der Waals surface area contributed by atoms with Gasteiger partial charge < -0.3 is 10.3 Å². The molecule has 1 heterocycles. The van der Waals surface area contributed by atoms with Crippen LogP contribution in [0.4, 0.5) is 5.88 Å². The van der Waals surface area contributed by atoms with Crippen molar-refractivity contribution < 1.29 is 4.52 Å². The maximum Gasteiger partial charge on any atom is 0.227 e. The second-order valence-corrected chi connectivity index (χ2v) is 3.82. The topological polar surface area (TPSA) is 52.0 Å². The molecule has 11 heavy (non-hydrogen) atoms. The summed E-state index contributed by atoms with van der Waals surface area (Å²) in [6.45, 7) is 6.01. The predicted molar refractivity (Wildman–Crippen MR) is 44.6 cm³/mol. The average Bonchev–Trinajstić information content (AvgIpc) is 2.08. The number of hydrogen-bond acceptors (Lipinski definition) is 3.